The number of hydrogen-bond donors (Lipinski definition) is 1. The molecule has 0 unspecified atom stereocenters. The Bertz CT molecular complexity index is 1120. The Kier molecular flexibility index (Phi) is 6.85. The van der Waals surface area contributed by atoms with Crippen molar-refractivity contribution in [2.75, 3.05) is 36.4 Å². The maximum Gasteiger partial charge on any atom is 0.255 e. The molecule has 7 heteroatoms. The fourth-order valence-electron chi connectivity index (χ4n) is 3.83. The average Bonchev–Trinajstić information content (AvgIpc) is 3.06. The van der Waals surface area contributed by atoms with Gasteiger partial charge < -0.3 is 15.1 Å². The minimum Gasteiger partial charge on any atom is -0.355 e. The molecule has 32 heavy (non-hydrogen) atoms. The Balaban J connectivity index is 1.38. The summed E-state index contributed by atoms with van der Waals surface area (Å²) in [6.45, 7) is 4.80. The fourth-order valence-corrected chi connectivity index (χ4v) is 4.23. The van der Waals surface area contributed by atoms with Gasteiger partial charge in [-0.15, -0.1) is 0 Å². The van der Waals surface area contributed by atoms with Crippen LogP contribution in [-0.2, 0) is 0 Å². The number of halogens is 1. The molecular formula is C25H25BrN4O2. The minimum absolute atomic E-state index is 0.0513. The Morgan fingerprint density at radius 2 is 1.81 bits per heavy atom. The normalized spacial score (nSPS) is 14.1. The molecule has 2 amide bonds. The van der Waals surface area contributed by atoms with Crippen LogP contribution >= 0.6 is 15.9 Å². The maximum absolute atomic E-state index is 12.9. The number of rotatable bonds is 4. The second-order valence-corrected chi connectivity index (χ2v) is 8.73. The molecule has 2 aromatic carbocycles. The molecule has 1 aromatic heterocycles. The summed E-state index contributed by atoms with van der Waals surface area (Å²) in [6.07, 6.45) is 2.55. The predicted octanol–water partition coefficient (Wildman–Crippen LogP) is 4.76. The number of carbonyl (C=O) groups is 2. The zero-order valence-electron chi connectivity index (χ0n) is 17.9. The average molecular weight is 493 g/mol. The molecule has 0 aliphatic carbocycles. The van der Waals surface area contributed by atoms with E-state index in [1.165, 1.54) is 0 Å². The number of benzene rings is 2. The van der Waals surface area contributed by atoms with Gasteiger partial charge in [-0.1, -0.05) is 40.2 Å². The summed E-state index contributed by atoms with van der Waals surface area (Å²) in [4.78, 5) is 34.0. The monoisotopic (exact) mass is 492 g/mol. The van der Waals surface area contributed by atoms with Gasteiger partial charge in [0.2, 0.25) is 0 Å². The quantitative estimate of drug-likeness (QED) is 0.570. The molecule has 4 rings (SSSR count). The van der Waals surface area contributed by atoms with E-state index >= 15 is 0 Å². The number of amides is 2. The first-order valence-corrected chi connectivity index (χ1v) is 11.4. The highest BCUT2D eigenvalue weighted by atomic mass is 79.9. The van der Waals surface area contributed by atoms with Crippen LogP contribution in [0, 0.1) is 6.92 Å². The van der Waals surface area contributed by atoms with Crippen molar-refractivity contribution in [2.24, 2.45) is 0 Å². The van der Waals surface area contributed by atoms with Crippen LogP contribution in [-0.4, -0.2) is 47.9 Å². The summed E-state index contributed by atoms with van der Waals surface area (Å²) in [7, 11) is 0. The second-order valence-electron chi connectivity index (χ2n) is 7.82. The van der Waals surface area contributed by atoms with Crippen molar-refractivity contribution in [3.63, 3.8) is 0 Å². The van der Waals surface area contributed by atoms with Crippen molar-refractivity contribution in [2.45, 2.75) is 13.3 Å². The van der Waals surface area contributed by atoms with Crippen molar-refractivity contribution < 1.29 is 9.59 Å². The van der Waals surface area contributed by atoms with Crippen LogP contribution in [0.5, 0.6) is 0 Å². The number of aromatic nitrogens is 1. The van der Waals surface area contributed by atoms with Gasteiger partial charge in [0.25, 0.3) is 11.8 Å². The van der Waals surface area contributed by atoms with Gasteiger partial charge in [-0.3, -0.25) is 9.59 Å². The second kappa shape index (κ2) is 9.96. The zero-order valence-corrected chi connectivity index (χ0v) is 19.5. The molecule has 0 atom stereocenters. The summed E-state index contributed by atoms with van der Waals surface area (Å²) >= 11 is 3.43. The zero-order chi connectivity index (χ0) is 22.5. The Morgan fingerprint density at radius 1 is 0.969 bits per heavy atom. The molecule has 0 radical (unpaired) electrons. The number of pyridine rings is 1. The molecule has 3 aromatic rings. The first-order chi connectivity index (χ1) is 15.5. The van der Waals surface area contributed by atoms with E-state index in [9.17, 15) is 9.59 Å². The third-order valence-corrected chi connectivity index (χ3v) is 6.07. The lowest BCUT2D eigenvalue weighted by atomic mass is 10.1. The molecular weight excluding hydrogens is 468 g/mol. The van der Waals surface area contributed by atoms with E-state index in [0.29, 0.717) is 36.4 Å². The van der Waals surface area contributed by atoms with Crippen molar-refractivity contribution in [1.29, 1.82) is 0 Å². The van der Waals surface area contributed by atoms with Gasteiger partial charge in [0, 0.05) is 41.8 Å². The SMILES string of the molecule is Cc1ccccc1C(=O)Nc1ccc(N2CCCN(C(=O)c3cccc(Br)c3)CC2)nc1. The molecule has 0 bridgehead atoms. The molecule has 1 aliphatic rings. The molecule has 0 saturated carbocycles. The predicted molar refractivity (Wildman–Crippen MR) is 130 cm³/mol. The molecule has 164 valence electrons. The largest absolute Gasteiger partial charge is 0.355 e. The highest BCUT2D eigenvalue weighted by Crippen LogP contribution is 2.19. The van der Waals surface area contributed by atoms with Gasteiger partial charge in [-0.2, -0.15) is 0 Å². The fraction of sp³-hybridized carbons (Fsp3) is 0.240. The first kappa shape index (κ1) is 22.0. The number of nitrogens with zero attached hydrogens (tertiary/aromatic N) is 3. The third kappa shape index (κ3) is 5.16. The van der Waals surface area contributed by atoms with Crippen LogP contribution < -0.4 is 10.2 Å². The van der Waals surface area contributed by atoms with E-state index in [-0.39, 0.29) is 11.8 Å². The molecule has 6 nitrogen and oxygen atoms in total. The van der Waals surface area contributed by atoms with E-state index in [4.69, 9.17) is 0 Å². The molecule has 1 N–H and O–H groups in total. The molecule has 1 saturated heterocycles. The summed E-state index contributed by atoms with van der Waals surface area (Å²) in [6, 6.07) is 18.8. The summed E-state index contributed by atoms with van der Waals surface area (Å²) < 4.78 is 0.901. The number of anilines is 2. The highest BCUT2D eigenvalue weighted by molar-refractivity contribution is 9.10. The highest BCUT2D eigenvalue weighted by Gasteiger charge is 2.21. The Morgan fingerprint density at radius 3 is 2.56 bits per heavy atom. The van der Waals surface area contributed by atoms with Crippen molar-refractivity contribution in [3.05, 3.63) is 88.0 Å². The lowest BCUT2D eigenvalue weighted by Crippen LogP contribution is -2.35. The van der Waals surface area contributed by atoms with E-state index < -0.39 is 0 Å². The van der Waals surface area contributed by atoms with Gasteiger partial charge >= 0.3 is 0 Å². The minimum atomic E-state index is -0.144. The number of nitrogens with one attached hydrogen (secondary N) is 1. The van der Waals surface area contributed by atoms with Crippen molar-refractivity contribution in [3.8, 4) is 0 Å². The first-order valence-electron chi connectivity index (χ1n) is 10.6. The number of aryl methyl sites for hydroxylation is 1. The van der Waals surface area contributed by atoms with Crippen LogP contribution in [0.3, 0.4) is 0 Å². The Hall–Kier alpha value is -3.19. The van der Waals surface area contributed by atoms with Crippen LogP contribution in [0.2, 0.25) is 0 Å². The van der Waals surface area contributed by atoms with Crippen LogP contribution in [0.4, 0.5) is 11.5 Å². The van der Waals surface area contributed by atoms with Gasteiger partial charge in [0.15, 0.2) is 0 Å². The molecule has 1 fully saturated rings. The van der Waals surface area contributed by atoms with Gasteiger partial charge in [-0.25, -0.2) is 4.98 Å². The van der Waals surface area contributed by atoms with E-state index in [2.05, 4.69) is 31.1 Å². The van der Waals surface area contributed by atoms with Crippen molar-refractivity contribution >= 4 is 39.2 Å². The lowest BCUT2D eigenvalue weighted by molar-refractivity contribution is 0.0766. The standard InChI is InChI=1S/C25H25BrN4O2/c1-18-6-2-3-9-22(18)24(31)28-21-10-11-23(27-17-21)29-12-5-13-30(15-14-29)25(32)19-7-4-8-20(26)16-19/h2-4,6-11,16-17H,5,12-15H2,1H3,(H,28,31). The van der Waals surface area contributed by atoms with E-state index in [1.54, 1.807) is 6.20 Å². The lowest BCUT2D eigenvalue weighted by Gasteiger charge is -2.23. The number of hydrogen-bond acceptors (Lipinski definition) is 4. The maximum atomic E-state index is 12.9. The van der Waals surface area contributed by atoms with Gasteiger partial charge in [0.1, 0.15) is 5.82 Å². The third-order valence-electron chi connectivity index (χ3n) is 5.57. The summed E-state index contributed by atoms with van der Waals surface area (Å²) in [5.74, 6) is 0.750. The van der Waals surface area contributed by atoms with Crippen LogP contribution in [0.1, 0.15) is 32.7 Å². The van der Waals surface area contributed by atoms with Crippen LogP contribution in [0.15, 0.2) is 71.3 Å². The van der Waals surface area contributed by atoms with E-state index in [1.807, 2.05) is 72.5 Å². The summed E-state index contributed by atoms with van der Waals surface area (Å²) in [5.41, 5.74) is 2.93. The van der Waals surface area contributed by atoms with E-state index in [0.717, 1.165) is 28.8 Å². The summed E-state index contributed by atoms with van der Waals surface area (Å²) in [5, 5.41) is 2.91. The van der Waals surface area contributed by atoms with Gasteiger partial charge in [-0.05, 0) is 55.3 Å². The van der Waals surface area contributed by atoms with Crippen LogP contribution in [0.25, 0.3) is 0 Å². The molecule has 0 spiro atoms. The Labute approximate surface area is 196 Å². The smallest absolute Gasteiger partial charge is 0.255 e. The van der Waals surface area contributed by atoms with Crippen molar-refractivity contribution in [1.82, 2.24) is 9.88 Å². The molecule has 2 heterocycles. The topological polar surface area (TPSA) is 65.5 Å². The number of carbonyl (C=O) groups excluding carboxylic acids is 2. The molecule has 1 aliphatic heterocycles. The van der Waals surface area contributed by atoms with Gasteiger partial charge in [0.05, 0.1) is 11.9 Å².